The van der Waals surface area contributed by atoms with Crippen molar-refractivity contribution in [3.63, 3.8) is 0 Å². The van der Waals surface area contributed by atoms with E-state index in [-0.39, 0.29) is 24.0 Å². The first-order valence-corrected chi connectivity index (χ1v) is 7.45. The Hall–Kier alpha value is -0.0400. The fourth-order valence-corrected chi connectivity index (χ4v) is 2.40. The summed E-state index contributed by atoms with van der Waals surface area (Å²) in [6.07, 6.45) is 5.48. The zero-order valence-corrected chi connectivity index (χ0v) is 14.7. The van der Waals surface area contributed by atoms with Crippen LogP contribution in [0, 0.1) is 11.8 Å². The van der Waals surface area contributed by atoms with Gasteiger partial charge in [-0.25, -0.2) is 0 Å². The lowest BCUT2D eigenvalue weighted by Crippen LogP contribution is -2.43. The Balaban J connectivity index is 0.00000180. The Morgan fingerprint density at radius 1 is 1.16 bits per heavy atom. The summed E-state index contributed by atoms with van der Waals surface area (Å²) in [5.41, 5.74) is 0. The summed E-state index contributed by atoms with van der Waals surface area (Å²) in [5, 5.41) is 6.80. The van der Waals surface area contributed by atoms with Crippen molar-refractivity contribution in [1.29, 1.82) is 0 Å². The van der Waals surface area contributed by atoms with Crippen LogP contribution in [-0.4, -0.2) is 50.6 Å². The van der Waals surface area contributed by atoms with Gasteiger partial charge in [0.1, 0.15) is 0 Å². The molecule has 1 saturated carbocycles. The van der Waals surface area contributed by atoms with E-state index in [1.54, 1.807) is 0 Å². The minimum atomic E-state index is 0. The van der Waals surface area contributed by atoms with Crippen LogP contribution in [0.2, 0.25) is 0 Å². The van der Waals surface area contributed by atoms with Crippen LogP contribution in [0.5, 0.6) is 0 Å². The number of rotatable bonds is 5. The molecule has 0 radical (unpaired) electrons. The number of halogens is 1. The summed E-state index contributed by atoms with van der Waals surface area (Å²) >= 11 is 0. The Bertz CT molecular complexity index is 271. The third kappa shape index (κ3) is 6.79. The Morgan fingerprint density at radius 3 is 2.42 bits per heavy atom. The predicted molar refractivity (Wildman–Crippen MR) is 92.3 cm³/mol. The number of aliphatic imine (C=N–C) groups is 1. The van der Waals surface area contributed by atoms with Crippen molar-refractivity contribution >= 4 is 29.9 Å². The van der Waals surface area contributed by atoms with Gasteiger partial charge in [-0.2, -0.15) is 0 Å². The molecular weight excluding hydrogens is 351 g/mol. The van der Waals surface area contributed by atoms with E-state index >= 15 is 0 Å². The fourth-order valence-electron chi connectivity index (χ4n) is 2.40. The molecule has 2 aliphatic rings. The Morgan fingerprint density at radius 2 is 1.84 bits per heavy atom. The molecule has 0 unspecified atom stereocenters. The van der Waals surface area contributed by atoms with Crippen molar-refractivity contribution in [2.45, 2.75) is 32.6 Å². The second kappa shape index (κ2) is 9.00. The van der Waals surface area contributed by atoms with Gasteiger partial charge in [0.2, 0.25) is 0 Å². The molecular formula is C14H29IN4. The zero-order chi connectivity index (χ0) is 12.8. The van der Waals surface area contributed by atoms with Crippen LogP contribution in [-0.2, 0) is 0 Å². The monoisotopic (exact) mass is 380 g/mol. The second-order valence-corrected chi connectivity index (χ2v) is 5.85. The van der Waals surface area contributed by atoms with E-state index in [1.165, 1.54) is 38.8 Å². The summed E-state index contributed by atoms with van der Waals surface area (Å²) in [6, 6.07) is 0. The minimum Gasteiger partial charge on any atom is -0.356 e. The highest BCUT2D eigenvalue weighted by Gasteiger charge is 2.21. The van der Waals surface area contributed by atoms with E-state index in [0.29, 0.717) is 0 Å². The largest absolute Gasteiger partial charge is 0.356 e. The number of hydrogen-bond acceptors (Lipinski definition) is 2. The average Bonchev–Trinajstić information content (AvgIpc) is 3.20. The lowest BCUT2D eigenvalue weighted by atomic mass is 9.99. The van der Waals surface area contributed by atoms with E-state index in [0.717, 1.165) is 37.4 Å². The van der Waals surface area contributed by atoms with Gasteiger partial charge in [-0.1, -0.05) is 6.92 Å². The molecule has 0 bridgehead atoms. The van der Waals surface area contributed by atoms with Gasteiger partial charge in [-0.3, -0.25) is 4.99 Å². The minimum absolute atomic E-state index is 0. The maximum Gasteiger partial charge on any atom is 0.191 e. The number of nitrogens with one attached hydrogen (secondary N) is 2. The fraction of sp³-hybridized carbons (Fsp3) is 0.929. The number of hydrogen-bond donors (Lipinski definition) is 2. The van der Waals surface area contributed by atoms with Crippen molar-refractivity contribution < 1.29 is 0 Å². The molecule has 2 N–H and O–H groups in total. The van der Waals surface area contributed by atoms with Crippen LogP contribution in [0.4, 0.5) is 0 Å². The lowest BCUT2D eigenvalue weighted by Gasteiger charge is -2.30. The molecule has 19 heavy (non-hydrogen) atoms. The topological polar surface area (TPSA) is 39.7 Å². The van der Waals surface area contributed by atoms with Crippen LogP contribution < -0.4 is 10.6 Å². The van der Waals surface area contributed by atoms with Gasteiger partial charge in [-0.05, 0) is 50.6 Å². The van der Waals surface area contributed by atoms with E-state index in [9.17, 15) is 0 Å². The molecule has 0 aromatic carbocycles. The summed E-state index contributed by atoms with van der Waals surface area (Å²) < 4.78 is 0. The highest BCUT2D eigenvalue weighted by atomic mass is 127. The van der Waals surface area contributed by atoms with Crippen molar-refractivity contribution in [2.24, 2.45) is 16.8 Å². The normalized spacial score (nSPS) is 21.9. The second-order valence-electron chi connectivity index (χ2n) is 5.85. The highest BCUT2D eigenvalue weighted by Crippen LogP contribution is 2.27. The first-order valence-electron chi connectivity index (χ1n) is 7.45. The third-order valence-corrected chi connectivity index (χ3v) is 4.08. The molecule has 1 heterocycles. The van der Waals surface area contributed by atoms with Gasteiger partial charge in [-0.15, -0.1) is 24.0 Å². The van der Waals surface area contributed by atoms with Crippen molar-refractivity contribution in [1.82, 2.24) is 15.5 Å². The molecule has 1 aliphatic carbocycles. The molecule has 2 rings (SSSR count). The number of nitrogens with zero attached hydrogens (tertiary/aromatic N) is 2. The van der Waals surface area contributed by atoms with Gasteiger partial charge >= 0.3 is 0 Å². The number of piperidine rings is 1. The van der Waals surface area contributed by atoms with Crippen LogP contribution in [0.15, 0.2) is 4.99 Å². The first-order chi connectivity index (χ1) is 8.78. The molecule has 4 nitrogen and oxygen atoms in total. The van der Waals surface area contributed by atoms with Crippen molar-refractivity contribution in [3.8, 4) is 0 Å². The summed E-state index contributed by atoms with van der Waals surface area (Å²) in [7, 11) is 1.85. The van der Waals surface area contributed by atoms with Gasteiger partial charge in [0.15, 0.2) is 5.96 Å². The van der Waals surface area contributed by atoms with Crippen LogP contribution in [0.1, 0.15) is 32.6 Å². The van der Waals surface area contributed by atoms with Gasteiger partial charge in [0.05, 0.1) is 0 Å². The van der Waals surface area contributed by atoms with E-state index in [2.05, 4.69) is 27.4 Å². The third-order valence-electron chi connectivity index (χ3n) is 4.08. The maximum atomic E-state index is 4.26. The van der Waals surface area contributed by atoms with Gasteiger partial charge in [0.25, 0.3) is 0 Å². The van der Waals surface area contributed by atoms with Gasteiger partial charge < -0.3 is 15.5 Å². The van der Waals surface area contributed by atoms with E-state index in [4.69, 9.17) is 0 Å². The number of likely N-dealkylation sites (tertiary alicyclic amines) is 1. The first kappa shape index (κ1) is 17.0. The zero-order valence-electron chi connectivity index (χ0n) is 12.3. The molecule has 0 spiro atoms. The molecule has 0 aromatic rings. The van der Waals surface area contributed by atoms with Crippen molar-refractivity contribution in [3.05, 3.63) is 0 Å². The maximum absolute atomic E-state index is 4.26. The molecule has 1 aliphatic heterocycles. The lowest BCUT2D eigenvalue weighted by molar-refractivity contribution is 0.195. The molecule has 0 amide bonds. The van der Waals surface area contributed by atoms with E-state index < -0.39 is 0 Å². The Labute approximate surface area is 134 Å². The summed E-state index contributed by atoms with van der Waals surface area (Å²) in [5.74, 6) is 2.78. The van der Waals surface area contributed by atoms with E-state index in [1.807, 2.05) is 7.05 Å². The SMILES string of the molecule is CN=C(NCCN1CCC(C)CC1)NCC1CC1.I. The average molecular weight is 380 g/mol. The number of guanidine groups is 1. The molecule has 112 valence electrons. The van der Waals surface area contributed by atoms with Crippen molar-refractivity contribution in [2.75, 3.05) is 39.8 Å². The standard InChI is InChI=1S/C14H28N4.HI/c1-12-5-8-18(9-6-12)10-7-16-14(15-2)17-11-13-3-4-13;/h12-13H,3-11H2,1-2H3,(H2,15,16,17);1H. The van der Waals surface area contributed by atoms with Crippen LogP contribution >= 0.6 is 24.0 Å². The molecule has 1 saturated heterocycles. The van der Waals surface area contributed by atoms with Crippen LogP contribution in [0.25, 0.3) is 0 Å². The van der Waals surface area contributed by atoms with Crippen LogP contribution in [0.3, 0.4) is 0 Å². The molecule has 5 heteroatoms. The molecule has 2 fully saturated rings. The predicted octanol–water partition coefficient (Wildman–Crippen LogP) is 1.91. The van der Waals surface area contributed by atoms with Gasteiger partial charge in [0, 0.05) is 26.7 Å². The Kier molecular flexibility index (Phi) is 8.06. The summed E-state index contributed by atoms with van der Waals surface area (Å²) in [6.45, 7) is 8.10. The highest BCUT2D eigenvalue weighted by molar-refractivity contribution is 14.0. The summed E-state index contributed by atoms with van der Waals surface area (Å²) in [4.78, 5) is 6.82. The molecule has 0 aromatic heterocycles. The quantitative estimate of drug-likeness (QED) is 0.435. The molecule has 0 atom stereocenters. The smallest absolute Gasteiger partial charge is 0.191 e.